The molecule has 470 valence electrons. The Morgan fingerprint density at radius 2 is 0.470 bits per heavy atom. The van der Waals surface area contributed by atoms with E-state index in [0.717, 1.165) is 122 Å². The maximum Gasteiger partial charge on any atom is 0.306 e. The van der Waals surface area contributed by atoms with Crippen LogP contribution in [0.2, 0.25) is 0 Å². The van der Waals surface area contributed by atoms with Gasteiger partial charge in [-0.15, -0.1) is 0 Å². The third-order valence-corrected chi connectivity index (χ3v) is 14.3. The van der Waals surface area contributed by atoms with E-state index in [1.54, 1.807) is 0 Å². The average Bonchev–Trinajstić information content (AvgIpc) is 3.49. The number of esters is 3. The van der Waals surface area contributed by atoms with Gasteiger partial charge in [0.15, 0.2) is 6.10 Å². The first-order valence-corrected chi connectivity index (χ1v) is 34.3. The lowest BCUT2D eigenvalue weighted by Gasteiger charge is -2.18. The summed E-state index contributed by atoms with van der Waals surface area (Å²) in [5, 5.41) is 0. The summed E-state index contributed by atoms with van der Waals surface area (Å²) in [7, 11) is 0. The van der Waals surface area contributed by atoms with Gasteiger partial charge in [-0.1, -0.05) is 282 Å². The van der Waals surface area contributed by atoms with Gasteiger partial charge in [-0.3, -0.25) is 14.4 Å². The Kier molecular flexibility index (Phi) is 65.8. The molecule has 0 aliphatic heterocycles. The van der Waals surface area contributed by atoms with Gasteiger partial charge in [0.05, 0.1) is 0 Å². The van der Waals surface area contributed by atoms with E-state index < -0.39 is 6.10 Å². The van der Waals surface area contributed by atoms with Crippen LogP contribution in [0.15, 0.2) is 146 Å². The van der Waals surface area contributed by atoms with Crippen molar-refractivity contribution in [1.82, 2.24) is 0 Å². The molecule has 0 aliphatic rings. The van der Waals surface area contributed by atoms with Gasteiger partial charge < -0.3 is 14.2 Å². The number of carbonyl (C=O) groups is 3. The van der Waals surface area contributed by atoms with E-state index in [-0.39, 0.29) is 31.1 Å². The van der Waals surface area contributed by atoms with Crippen LogP contribution in [0.1, 0.15) is 303 Å². The van der Waals surface area contributed by atoms with Crippen LogP contribution < -0.4 is 0 Å². The molecule has 1 unspecified atom stereocenters. The van der Waals surface area contributed by atoms with Crippen LogP contribution in [0.3, 0.4) is 0 Å². The highest BCUT2D eigenvalue weighted by Crippen LogP contribution is 2.15. The second-order valence-corrected chi connectivity index (χ2v) is 22.3. The molecule has 0 N–H and O–H groups in total. The number of hydrogen-bond donors (Lipinski definition) is 0. The van der Waals surface area contributed by atoms with Crippen LogP contribution in [-0.4, -0.2) is 37.2 Å². The van der Waals surface area contributed by atoms with Crippen molar-refractivity contribution in [1.29, 1.82) is 0 Å². The zero-order valence-electron chi connectivity index (χ0n) is 53.9. The van der Waals surface area contributed by atoms with Gasteiger partial charge in [0, 0.05) is 19.3 Å². The fourth-order valence-electron chi connectivity index (χ4n) is 9.17. The Labute approximate surface area is 512 Å². The number of unbranched alkanes of at least 4 members (excludes halogenated alkanes) is 26. The second-order valence-electron chi connectivity index (χ2n) is 22.3. The first-order valence-electron chi connectivity index (χ1n) is 34.3. The third kappa shape index (κ3) is 68.0. The van der Waals surface area contributed by atoms with Gasteiger partial charge in [-0.25, -0.2) is 0 Å². The molecule has 1 atom stereocenters. The minimum absolute atomic E-state index is 0.102. The van der Waals surface area contributed by atoms with Gasteiger partial charge in [-0.05, 0) is 148 Å². The molecule has 0 rings (SSSR count). The fraction of sp³-hybridized carbons (Fsp3) is 0.649. The van der Waals surface area contributed by atoms with Crippen LogP contribution in [-0.2, 0) is 28.6 Å². The fourth-order valence-corrected chi connectivity index (χ4v) is 9.17. The third-order valence-electron chi connectivity index (χ3n) is 14.3. The number of ether oxygens (including phenoxy) is 3. The highest BCUT2D eigenvalue weighted by atomic mass is 16.6. The zero-order chi connectivity index (χ0) is 59.9. The average molecular weight is 1150 g/mol. The van der Waals surface area contributed by atoms with Crippen LogP contribution in [0.5, 0.6) is 0 Å². The molecule has 0 radical (unpaired) electrons. The molecule has 0 aromatic rings. The lowest BCUT2D eigenvalue weighted by Crippen LogP contribution is -2.30. The number of carbonyl (C=O) groups excluding carboxylic acids is 3. The molecule has 0 spiro atoms. The van der Waals surface area contributed by atoms with Crippen molar-refractivity contribution >= 4 is 17.9 Å². The summed E-state index contributed by atoms with van der Waals surface area (Å²) < 4.78 is 16.9. The van der Waals surface area contributed by atoms with Gasteiger partial charge in [0.2, 0.25) is 0 Å². The van der Waals surface area contributed by atoms with Crippen molar-refractivity contribution in [3.05, 3.63) is 146 Å². The van der Waals surface area contributed by atoms with Gasteiger partial charge in [0.1, 0.15) is 13.2 Å². The van der Waals surface area contributed by atoms with E-state index >= 15 is 0 Å². The van der Waals surface area contributed by atoms with Gasteiger partial charge in [0.25, 0.3) is 0 Å². The number of rotatable bonds is 61. The van der Waals surface area contributed by atoms with Crippen molar-refractivity contribution in [2.45, 2.75) is 309 Å². The van der Waals surface area contributed by atoms with E-state index in [0.29, 0.717) is 25.7 Å². The molecule has 0 aromatic heterocycles. The Balaban J connectivity index is 4.49. The first kappa shape index (κ1) is 78.3. The molecule has 6 nitrogen and oxygen atoms in total. The SMILES string of the molecule is CC/C=C\C/C=C\C/C=C\C/C=C\C/C=C\C/C=C\C/C=C\C/C=C\CCCCC(=O)OCC(COC(=O)CCCCCCCCC/C=C\C/C=C\CCCCC)OC(=O)CCCCCCCCCCC/C=C\C/C=C\CCCCCCC. The standard InChI is InChI=1S/C77H126O6/c1-4-7-10-13-16-19-22-25-28-31-33-35-36-37-38-39-40-42-43-46-49-52-55-58-61-64-67-70-76(79)82-73-74(72-81-75(78)69-66-63-60-57-54-51-48-45-30-27-24-21-18-15-12-9-6-3)83-77(80)71-68-65-62-59-56-53-50-47-44-41-34-32-29-26-23-20-17-14-11-8-5-2/h7,10,16,18-19,21,23,25-28,30,32-35,37-38,40,42,46,49,55,58,74H,4-6,8-9,11-15,17,20,22,24,29,31,36,39,41,43-45,47-48,50-54,56-57,59-73H2,1-3H3/b10-7-,19-16-,21-18-,26-23-,28-25-,30-27-,34-32-,35-33-,38-37-,42-40-,49-46-,58-55-. The summed E-state index contributed by atoms with van der Waals surface area (Å²) >= 11 is 0. The van der Waals surface area contributed by atoms with Crippen LogP contribution in [0, 0.1) is 0 Å². The molecule has 0 aliphatic carbocycles. The van der Waals surface area contributed by atoms with Crippen LogP contribution in [0.25, 0.3) is 0 Å². The highest BCUT2D eigenvalue weighted by molar-refractivity contribution is 5.71. The molecule has 83 heavy (non-hydrogen) atoms. The van der Waals surface area contributed by atoms with Crippen LogP contribution in [0.4, 0.5) is 0 Å². The summed E-state index contributed by atoms with van der Waals surface area (Å²) in [6.07, 6.45) is 100.0. The molecule has 0 bridgehead atoms. The summed E-state index contributed by atoms with van der Waals surface area (Å²) in [5.74, 6) is -0.955. The number of hydrogen-bond acceptors (Lipinski definition) is 6. The smallest absolute Gasteiger partial charge is 0.306 e. The van der Waals surface area contributed by atoms with E-state index in [2.05, 4.69) is 167 Å². The molecule has 0 aromatic carbocycles. The van der Waals surface area contributed by atoms with Gasteiger partial charge in [-0.2, -0.15) is 0 Å². The van der Waals surface area contributed by atoms with Crippen molar-refractivity contribution in [3.63, 3.8) is 0 Å². The first-order chi connectivity index (χ1) is 41.0. The maximum absolute atomic E-state index is 13.0. The molecule has 0 amide bonds. The monoisotopic (exact) mass is 1150 g/mol. The summed E-state index contributed by atoms with van der Waals surface area (Å²) in [6, 6.07) is 0. The topological polar surface area (TPSA) is 78.9 Å². The van der Waals surface area contributed by atoms with Crippen molar-refractivity contribution in [3.8, 4) is 0 Å². The summed E-state index contributed by atoms with van der Waals surface area (Å²) in [6.45, 7) is 6.46. The van der Waals surface area contributed by atoms with E-state index in [4.69, 9.17) is 14.2 Å². The summed E-state index contributed by atoms with van der Waals surface area (Å²) in [5.41, 5.74) is 0. The quantitative estimate of drug-likeness (QED) is 0.0261. The highest BCUT2D eigenvalue weighted by Gasteiger charge is 2.19. The lowest BCUT2D eigenvalue weighted by molar-refractivity contribution is -0.167. The molecular weight excluding hydrogens is 1020 g/mol. The zero-order valence-corrected chi connectivity index (χ0v) is 53.9. The van der Waals surface area contributed by atoms with Crippen LogP contribution >= 0.6 is 0 Å². The van der Waals surface area contributed by atoms with E-state index in [1.807, 2.05) is 0 Å². The van der Waals surface area contributed by atoms with Gasteiger partial charge >= 0.3 is 17.9 Å². The largest absolute Gasteiger partial charge is 0.462 e. The number of allylic oxidation sites excluding steroid dienone is 24. The van der Waals surface area contributed by atoms with Crippen molar-refractivity contribution in [2.75, 3.05) is 13.2 Å². The van der Waals surface area contributed by atoms with Crippen molar-refractivity contribution < 1.29 is 28.6 Å². The molecule has 0 saturated heterocycles. The Bertz CT molecular complexity index is 1800. The minimum atomic E-state index is -0.810. The Hall–Kier alpha value is -4.71. The van der Waals surface area contributed by atoms with E-state index in [1.165, 1.54) is 135 Å². The molecular formula is C77H126O6. The molecule has 0 heterocycles. The molecule has 0 fully saturated rings. The second kappa shape index (κ2) is 69.8. The molecule has 0 saturated carbocycles. The normalized spacial score (nSPS) is 13.0. The van der Waals surface area contributed by atoms with Crippen molar-refractivity contribution in [2.24, 2.45) is 0 Å². The maximum atomic E-state index is 13.0. The predicted molar refractivity (Wildman–Crippen MR) is 362 cm³/mol. The lowest BCUT2D eigenvalue weighted by atomic mass is 10.1. The minimum Gasteiger partial charge on any atom is -0.462 e. The van der Waals surface area contributed by atoms with E-state index in [9.17, 15) is 14.4 Å². The molecule has 6 heteroatoms. The Morgan fingerprint density at radius 3 is 0.783 bits per heavy atom. The Morgan fingerprint density at radius 1 is 0.253 bits per heavy atom. The predicted octanol–water partition coefficient (Wildman–Crippen LogP) is 23.9. The summed E-state index contributed by atoms with van der Waals surface area (Å²) in [4.78, 5) is 38.4.